The third kappa shape index (κ3) is 2.78. The fourth-order valence-electron chi connectivity index (χ4n) is 2.98. The van der Waals surface area contributed by atoms with Gasteiger partial charge in [0, 0.05) is 12.8 Å². The standard InChI is InChI=1S/C12H20O5/c1-8(13)6-9-2-3-12(16-4-5-17-12)7-10(9)11(14)15/h8-10,13H,2-7H2,1H3,(H,14,15). The highest BCUT2D eigenvalue weighted by Gasteiger charge is 2.47. The zero-order valence-corrected chi connectivity index (χ0v) is 10.1. The molecule has 1 saturated heterocycles. The average Bonchev–Trinajstić information content (AvgIpc) is 2.69. The summed E-state index contributed by atoms with van der Waals surface area (Å²) in [4.78, 5) is 11.3. The quantitative estimate of drug-likeness (QED) is 0.774. The maximum absolute atomic E-state index is 11.3. The molecule has 0 amide bonds. The van der Waals surface area contributed by atoms with Crippen molar-refractivity contribution in [3.05, 3.63) is 0 Å². The third-order valence-electron chi connectivity index (χ3n) is 3.77. The molecule has 1 spiro atoms. The van der Waals surface area contributed by atoms with Crippen LogP contribution in [0.1, 0.15) is 32.6 Å². The second-order valence-electron chi connectivity index (χ2n) is 5.14. The molecule has 1 saturated carbocycles. The Balaban J connectivity index is 2.05. The second-order valence-corrected chi connectivity index (χ2v) is 5.14. The molecule has 0 bridgehead atoms. The summed E-state index contributed by atoms with van der Waals surface area (Å²) in [6, 6.07) is 0. The number of rotatable bonds is 3. The van der Waals surface area contributed by atoms with Crippen molar-refractivity contribution in [2.24, 2.45) is 11.8 Å². The predicted molar refractivity (Wildman–Crippen MR) is 59.4 cm³/mol. The van der Waals surface area contributed by atoms with Crippen LogP contribution in [0, 0.1) is 11.8 Å². The normalized spacial score (nSPS) is 33.8. The maximum atomic E-state index is 11.3. The number of hydrogen-bond donors (Lipinski definition) is 2. The zero-order chi connectivity index (χ0) is 12.5. The van der Waals surface area contributed by atoms with Gasteiger partial charge in [0.1, 0.15) is 0 Å². The Morgan fingerprint density at radius 2 is 2.12 bits per heavy atom. The van der Waals surface area contributed by atoms with E-state index in [4.69, 9.17) is 9.47 Å². The van der Waals surface area contributed by atoms with E-state index >= 15 is 0 Å². The van der Waals surface area contributed by atoms with E-state index in [9.17, 15) is 15.0 Å². The minimum absolute atomic E-state index is 0.0194. The van der Waals surface area contributed by atoms with Crippen LogP contribution in [0.15, 0.2) is 0 Å². The second kappa shape index (κ2) is 4.92. The highest BCUT2D eigenvalue weighted by Crippen LogP contribution is 2.43. The summed E-state index contributed by atoms with van der Waals surface area (Å²) < 4.78 is 11.1. The topological polar surface area (TPSA) is 76.0 Å². The third-order valence-corrected chi connectivity index (χ3v) is 3.77. The summed E-state index contributed by atoms with van der Waals surface area (Å²) in [5.41, 5.74) is 0. The summed E-state index contributed by atoms with van der Waals surface area (Å²) in [7, 11) is 0. The Labute approximate surface area is 101 Å². The van der Waals surface area contributed by atoms with Crippen LogP contribution in [0.2, 0.25) is 0 Å². The molecule has 2 rings (SSSR count). The van der Waals surface area contributed by atoms with E-state index < -0.39 is 23.8 Å². The van der Waals surface area contributed by atoms with Gasteiger partial charge in [0.15, 0.2) is 5.79 Å². The van der Waals surface area contributed by atoms with Gasteiger partial charge < -0.3 is 19.7 Å². The molecule has 17 heavy (non-hydrogen) atoms. The van der Waals surface area contributed by atoms with Crippen molar-refractivity contribution in [3.8, 4) is 0 Å². The van der Waals surface area contributed by atoms with Crippen LogP contribution < -0.4 is 0 Å². The molecule has 1 heterocycles. The lowest BCUT2D eigenvalue weighted by Gasteiger charge is -2.39. The molecule has 5 nitrogen and oxygen atoms in total. The number of carboxylic acids is 1. The highest BCUT2D eigenvalue weighted by atomic mass is 16.7. The Morgan fingerprint density at radius 3 is 2.65 bits per heavy atom. The monoisotopic (exact) mass is 244 g/mol. The van der Waals surface area contributed by atoms with E-state index in [1.165, 1.54) is 0 Å². The molecule has 98 valence electrons. The molecule has 2 fully saturated rings. The van der Waals surface area contributed by atoms with Crippen molar-refractivity contribution in [2.75, 3.05) is 13.2 Å². The summed E-state index contributed by atoms with van der Waals surface area (Å²) in [6.07, 6.45) is 1.95. The molecule has 5 heteroatoms. The van der Waals surface area contributed by atoms with Gasteiger partial charge in [-0.15, -0.1) is 0 Å². The van der Waals surface area contributed by atoms with Crippen LogP contribution >= 0.6 is 0 Å². The number of aliphatic carboxylic acids is 1. The van der Waals surface area contributed by atoms with E-state index in [1.54, 1.807) is 6.92 Å². The van der Waals surface area contributed by atoms with Crippen LogP contribution in [0.3, 0.4) is 0 Å². The molecule has 0 aromatic rings. The lowest BCUT2D eigenvalue weighted by molar-refractivity contribution is -0.202. The Bertz CT molecular complexity index is 283. The van der Waals surface area contributed by atoms with Crippen LogP contribution in [-0.4, -0.2) is 41.3 Å². The van der Waals surface area contributed by atoms with E-state index in [2.05, 4.69) is 0 Å². The molecular formula is C12H20O5. The summed E-state index contributed by atoms with van der Waals surface area (Å²) in [5, 5.41) is 18.7. The molecule has 0 aromatic heterocycles. The largest absolute Gasteiger partial charge is 0.481 e. The van der Waals surface area contributed by atoms with Crippen LogP contribution in [0.5, 0.6) is 0 Å². The Morgan fingerprint density at radius 1 is 1.47 bits per heavy atom. The summed E-state index contributed by atoms with van der Waals surface area (Å²) in [5.74, 6) is -1.94. The molecule has 3 atom stereocenters. The first-order chi connectivity index (χ1) is 8.02. The van der Waals surface area contributed by atoms with Gasteiger partial charge in [0.2, 0.25) is 0 Å². The summed E-state index contributed by atoms with van der Waals surface area (Å²) in [6.45, 7) is 2.80. The lowest BCUT2D eigenvalue weighted by Crippen LogP contribution is -2.43. The van der Waals surface area contributed by atoms with Gasteiger partial charge in [-0.3, -0.25) is 4.79 Å². The first-order valence-corrected chi connectivity index (χ1v) is 6.21. The van der Waals surface area contributed by atoms with Crippen LogP contribution in [0.4, 0.5) is 0 Å². The zero-order valence-electron chi connectivity index (χ0n) is 10.1. The number of ether oxygens (including phenoxy) is 2. The fourth-order valence-corrected chi connectivity index (χ4v) is 2.98. The predicted octanol–water partition coefficient (Wildman–Crippen LogP) is 1.00. The highest BCUT2D eigenvalue weighted by molar-refractivity contribution is 5.70. The number of carboxylic acid groups (broad SMARTS) is 1. The molecular weight excluding hydrogens is 224 g/mol. The van der Waals surface area contributed by atoms with Crippen molar-refractivity contribution in [1.82, 2.24) is 0 Å². The molecule has 1 aliphatic heterocycles. The van der Waals surface area contributed by atoms with E-state index in [0.29, 0.717) is 26.1 Å². The minimum atomic E-state index is -0.811. The van der Waals surface area contributed by atoms with E-state index in [1.807, 2.05) is 0 Å². The van der Waals surface area contributed by atoms with Crippen LogP contribution in [-0.2, 0) is 14.3 Å². The first-order valence-electron chi connectivity index (χ1n) is 6.21. The van der Waals surface area contributed by atoms with Gasteiger partial charge in [-0.05, 0) is 25.7 Å². The first kappa shape index (κ1) is 12.8. The van der Waals surface area contributed by atoms with Gasteiger partial charge in [0.25, 0.3) is 0 Å². The molecule has 2 aliphatic rings. The number of carbonyl (C=O) groups is 1. The Hall–Kier alpha value is -0.650. The SMILES string of the molecule is CC(O)CC1CCC2(CC1C(=O)O)OCCO2. The van der Waals surface area contributed by atoms with Gasteiger partial charge in [-0.25, -0.2) is 0 Å². The number of aliphatic hydroxyl groups is 1. The molecule has 0 aromatic carbocycles. The minimum Gasteiger partial charge on any atom is -0.481 e. The fraction of sp³-hybridized carbons (Fsp3) is 0.917. The molecule has 1 aliphatic carbocycles. The summed E-state index contributed by atoms with van der Waals surface area (Å²) >= 11 is 0. The molecule has 2 N–H and O–H groups in total. The number of aliphatic hydroxyl groups excluding tert-OH is 1. The molecule has 3 unspecified atom stereocenters. The van der Waals surface area contributed by atoms with Crippen molar-refractivity contribution >= 4 is 5.97 Å². The van der Waals surface area contributed by atoms with E-state index in [0.717, 1.165) is 12.8 Å². The van der Waals surface area contributed by atoms with Gasteiger partial charge in [0.05, 0.1) is 25.2 Å². The van der Waals surface area contributed by atoms with Crippen molar-refractivity contribution in [1.29, 1.82) is 0 Å². The van der Waals surface area contributed by atoms with Crippen molar-refractivity contribution in [2.45, 2.75) is 44.5 Å². The lowest BCUT2D eigenvalue weighted by atomic mass is 9.74. The Kier molecular flexibility index (Phi) is 3.70. The number of hydrogen-bond acceptors (Lipinski definition) is 4. The van der Waals surface area contributed by atoms with Gasteiger partial charge in [-0.1, -0.05) is 0 Å². The van der Waals surface area contributed by atoms with Crippen molar-refractivity contribution < 1.29 is 24.5 Å². The average molecular weight is 244 g/mol. The van der Waals surface area contributed by atoms with Gasteiger partial charge >= 0.3 is 5.97 Å². The smallest absolute Gasteiger partial charge is 0.306 e. The molecule has 0 radical (unpaired) electrons. The van der Waals surface area contributed by atoms with Crippen LogP contribution in [0.25, 0.3) is 0 Å². The van der Waals surface area contributed by atoms with Crippen molar-refractivity contribution in [3.63, 3.8) is 0 Å². The maximum Gasteiger partial charge on any atom is 0.306 e. The van der Waals surface area contributed by atoms with Gasteiger partial charge in [-0.2, -0.15) is 0 Å². The van der Waals surface area contributed by atoms with E-state index in [-0.39, 0.29) is 5.92 Å².